The van der Waals surface area contributed by atoms with E-state index in [1.807, 2.05) is 6.07 Å². The first-order valence-corrected chi connectivity index (χ1v) is 10.1. The van der Waals surface area contributed by atoms with Crippen molar-refractivity contribution in [2.45, 2.75) is 26.4 Å². The first kappa shape index (κ1) is 20.8. The minimum Gasteiger partial charge on any atom is -0.507 e. The van der Waals surface area contributed by atoms with Crippen molar-refractivity contribution in [3.05, 3.63) is 87.5 Å². The van der Waals surface area contributed by atoms with Gasteiger partial charge in [0.25, 0.3) is 11.7 Å². The van der Waals surface area contributed by atoms with Gasteiger partial charge in [0, 0.05) is 36.7 Å². The number of carbonyl (C=O) groups excluding carboxylic acids is 2. The highest BCUT2D eigenvalue weighted by molar-refractivity contribution is 6.46. The Hall–Kier alpha value is -3.45. The zero-order chi connectivity index (χ0) is 22.3. The van der Waals surface area contributed by atoms with Gasteiger partial charge in [-0.1, -0.05) is 29.8 Å². The Morgan fingerprint density at radius 1 is 1.19 bits per heavy atom. The van der Waals surface area contributed by atoms with Crippen LogP contribution in [-0.2, 0) is 23.2 Å². The smallest absolute Gasteiger partial charge is 0.295 e. The Bertz CT molecular complexity index is 1220. The molecular weight excluding hydrogens is 416 g/mol. The molecule has 0 saturated carbocycles. The number of benzene rings is 1. The molecule has 0 unspecified atom stereocenters. The maximum Gasteiger partial charge on any atom is 0.295 e. The zero-order valence-electron chi connectivity index (χ0n) is 17.3. The van der Waals surface area contributed by atoms with E-state index in [0.29, 0.717) is 27.5 Å². The molecule has 8 heteroatoms. The third-order valence-corrected chi connectivity index (χ3v) is 5.76. The van der Waals surface area contributed by atoms with Crippen LogP contribution in [0, 0.1) is 13.8 Å². The fourth-order valence-electron chi connectivity index (χ4n) is 4.01. The van der Waals surface area contributed by atoms with Crippen LogP contribution in [0.15, 0.2) is 54.4 Å². The quantitative estimate of drug-likeness (QED) is 0.382. The molecule has 3 heterocycles. The molecule has 0 radical (unpaired) electrons. The summed E-state index contributed by atoms with van der Waals surface area (Å²) in [4.78, 5) is 31.7. The van der Waals surface area contributed by atoms with Gasteiger partial charge in [-0.2, -0.15) is 5.10 Å². The Labute approximate surface area is 184 Å². The van der Waals surface area contributed by atoms with Gasteiger partial charge >= 0.3 is 0 Å². The van der Waals surface area contributed by atoms with Gasteiger partial charge in [0.1, 0.15) is 5.76 Å². The highest BCUT2D eigenvalue weighted by Gasteiger charge is 2.46. The van der Waals surface area contributed by atoms with Crippen molar-refractivity contribution in [1.29, 1.82) is 0 Å². The fourth-order valence-corrected chi connectivity index (χ4v) is 4.20. The predicted molar refractivity (Wildman–Crippen MR) is 116 cm³/mol. The van der Waals surface area contributed by atoms with Crippen LogP contribution in [0.5, 0.6) is 0 Å². The summed E-state index contributed by atoms with van der Waals surface area (Å²) in [5.41, 5.74) is 3.14. The molecule has 0 aliphatic carbocycles. The van der Waals surface area contributed by atoms with E-state index in [2.05, 4.69) is 10.1 Å². The maximum absolute atomic E-state index is 13.1. The maximum atomic E-state index is 13.1. The van der Waals surface area contributed by atoms with Crippen molar-refractivity contribution in [1.82, 2.24) is 19.7 Å². The van der Waals surface area contributed by atoms with E-state index in [1.54, 1.807) is 68.3 Å². The third kappa shape index (κ3) is 3.61. The second kappa shape index (κ2) is 8.00. The molecule has 1 atom stereocenters. The molecule has 1 aliphatic heterocycles. The number of aryl methyl sites for hydroxylation is 2. The van der Waals surface area contributed by atoms with E-state index >= 15 is 0 Å². The molecule has 7 nitrogen and oxygen atoms in total. The van der Waals surface area contributed by atoms with Crippen molar-refractivity contribution in [2.75, 3.05) is 0 Å². The lowest BCUT2D eigenvalue weighted by molar-refractivity contribution is -0.140. The topological polar surface area (TPSA) is 88.3 Å². The number of Topliss-reactive ketones (excluding diaryl/α,β-unsaturated/α-hetero) is 1. The molecule has 2 aromatic heterocycles. The van der Waals surface area contributed by atoms with Crippen LogP contribution < -0.4 is 0 Å². The molecule has 0 bridgehead atoms. The molecule has 1 amide bonds. The summed E-state index contributed by atoms with van der Waals surface area (Å²) < 4.78 is 1.63. The van der Waals surface area contributed by atoms with Crippen molar-refractivity contribution in [3.8, 4) is 0 Å². The highest BCUT2D eigenvalue weighted by atomic mass is 35.5. The molecule has 1 N–H and O–H groups in total. The molecule has 1 fully saturated rings. The lowest BCUT2D eigenvalue weighted by Crippen LogP contribution is -2.29. The predicted octanol–water partition coefficient (Wildman–Crippen LogP) is 3.71. The number of amides is 1. The van der Waals surface area contributed by atoms with Gasteiger partial charge in [0.05, 0.1) is 22.9 Å². The van der Waals surface area contributed by atoms with Gasteiger partial charge in [-0.25, -0.2) is 0 Å². The summed E-state index contributed by atoms with van der Waals surface area (Å²) in [5.74, 6) is -1.66. The lowest BCUT2D eigenvalue weighted by atomic mass is 9.94. The van der Waals surface area contributed by atoms with Gasteiger partial charge < -0.3 is 10.0 Å². The van der Waals surface area contributed by atoms with Crippen molar-refractivity contribution >= 4 is 29.1 Å². The van der Waals surface area contributed by atoms with Gasteiger partial charge in [-0.15, -0.1) is 0 Å². The number of aliphatic hydroxyl groups is 1. The number of rotatable bonds is 4. The van der Waals surface area contributed by atoms with E-state index in [4.69, 9.17) is 11.6 Å². The number of nitrogens with zero attached hydrogens (tertiary/aromatic N) is 4. The van der Waals surface area contributed by atoms with E-state index < -0.39 is 17.7 Å². The van der Waals surface area contributed by atoms with E-state index in [0.717, 1.165) is 5.56 Å². The number of pyridine rings is 1. The molecule has 1 aliphatic rings. The van der Waals surface area contributed by atoms with Crippen LogP contribution in [0.2, 0.25) is 5.02 Å². The molecule has 0 spiro atoms. The normalized spacial score (nSPS) is 18.1. The van der Waals surface area contributed by atoms with Crippen molar-refractivity contribution < 1.29 is 14.7 Å². The minimum absolute atomic E-state index is 0.0235. The number of aromatic nitrogens is 3. The van der Waals surface area contributed by atoms with Crippen LogP contribution in [-0.4, -0.2) is 36.5 Å². The van der Waals surface area contributed by atoms with Crippen LogP contribution in [0.1, 0.15) is 34.1 Å². The second-order valence-electron chi connectivity index (χ2n) is 7.51. The molecule has 1 aromatic carbocycles. The average Bonchev–Trinajstić information content (AvgIpc) is 3.14. The summed E-state index contributed by atoms with van der Waals surface area (Å²) >= 11 is 6.21. The zero-order valence-corrected chi connectivity index (χ0v) is 18.1. The van der Waals surface area contributed by atoms with E-state index in [9.17, 15) is 14.7 Å². The second-order valence-corrected chi connectivity index (χ2v) is 7.95. The molecule has 158 valence electrons. The van der Waals surface area contributed by atoms with Crippen LogP contribution in [0.25, 0.3) is 5.76 Å². The summed E-state index contributed by atoms with van der Waals surface area (Å²) in [7, 11) is 1.76. The molecular formula is C23H21ClN4O3. The number of hydrogen-bond donors (Lipinski definition) is 1. The number of aliphatic hydroxyl groups excluding tert-OH is 1. The largest absolute Gasteiger partial charge is 0.507 e. The highest BCUT2D eigenvalue weighted by Crippen LogP contribution is 2.41. The number of carbonyl (C=O) groups is 2. The Morgan fingerprint density at radius 2 is 1.97 bits per heavy atom. The molecule has 1 saturated heterocycles. The Morgan fingerprint density at radius 3 is 2.58 bits per heavy atom. The van der Waals surface area contributed by atoms with Crippen LogP contribution in [0.3, 0.4) is 0 Å². The molecule has 4 rings (SSSR count). The van der Waals surface area contributed by atoms with Gasteiger partial charge in [0.15, 0.2) is 0 Å². The van der Waals surface area contributed by atoms with Gasteiger partial charge in [-0.05, 0) is 43.2 Å². The molecule has 31 heavy (non-hydrogen) atoms. The summed E-state index contributed by atoms with van der Waals surface area (Å²) in [6.45, 7) is 3.72. The van der Waals surface area contributed by atoms with E-state index in [-0.39, 0.29) is 17.9 Å². The monoisotopic (exact) mass is 436 g/mol. The fraction of sp³-hybridized carbons (Fsp3) is 0.217. The standard InChI is InChI=1S/C23H21ClN4O3/c1-13-18(14(2)27(3)26-13)21(29)19-20(16-7-4-8-17(24)10-16)28(23(31)22(19)30)12-15-6-5-9-25-11-15/h4-11,20,29H,12H2,1-3H3/t20-/m0/s1. The lowest BCUT2D eigenvalue weighted by Gasteiger charge is -2.25. The Kier molecular flexibility index (Phi) is 5.37. The third-order valence-electron chi connectivity index (χ3n) is 5.53. The van der Waals surface area contributed by atoms with Gasteiger partial charge in [-0.3, -0.25) is 19.3 Å². The van der Waals surface area contributed by atoms with Crippen molar-refractivity contribution in [2.24, 2.45) is 7.05 Å². The number of hydrogen-bond acceptors (Lipinski definition) is 5. The SMILES string of the molecule is Cc1nn(C)c(C)c1C(O)=C1C(=O)C(=O)N(Cc2cccnc2)[C@H]1c1cccc(Cl)c1. The molecule has 3 aromatic rings. The summed E-state index contributed by atoms with van der Waals surface area (Å²) in [6.07, 6.45) is 3.28. The average molecular weight is 437 g/mol. The number of ketones is 1. The van der Waals surface area contributed by atoms with Gasteiger partial charge in [0.2, 0.25) is 0 Å². The van der Waals surface area contributed by atoms with Crippen LogP contribution in [0.4, 0.5) is 0 Å². The Balaban J connectivity index is 1.92. The summed E-state index contributed by atoms with van der Waals surface area (Å²) in [5, 5.41) is 16.0. The van der Waals surface area contributed by atoms with Crippen LogP contribution >= 0.6 is 11.6 Å². The first-order valence-electron chi connectivity index (χ1n) is 9.73. The first-order chi connectivity index (χ1) is 14.8. The summed E-state index contributed by atoms with van der Waals surface area (Å²) in [6, 6.07) is 9.76. The minimum atomic E-state index is -0.794. The number of halogens is 1. The van der Waals surface area contributed by atoms with E-state index in [1.165, 1.54) is 4.90 Å². The van der Waals surface area contributed by atoms with Crippen molar-refractivity contribution in [3.63, 3.8) is 0 Å². The number of likely N-dealkylation sites (tertiary alicyclic amines) is 1.